The second kappa shape index (κ2) is 5.83. The Morgan fingerprint density at radius 3 is 2.48 bits per heavy atom. The number of benzene rings is 1. The van der Waals surface area contributed by atoms with Gasteiger partial charge in [0, 0.05) is 11.4 Å². The molecule has 0 spiro atoms. The van der Waals surface area contributed by atoms with E-state index in [0.29, 0.717) is 23.0 Å². The number of nitrogens with zero attached hydrogens (tertiary/aromatic N) is 1. The smallest absolute Gasteiger partial charge is 0.337 e. The van der Waals surface area contributed by atoms with E-state index in [1.54, 1.807) is 12.3 Å². The van der Waals surface area contributed by atoms with Crippen LogP contribution in [0.3, 0.4) is 0 Å². The Morgan fingerprint density at radius 1 is 1.24 bits per heavy atom. The molecule has 3 N–H and O–H groups in total. The third kappa shape index (κ3) is 3.51. The topological polar surface area (TPSA) is 91.3 Å². The van der Waals surface area contributed by atoms with Crippen LogP contribution in [0.25, 0.3) is 0 Å². The molecule has 0 aliphatic heterocycles. The van der Waals surface area contributed by atoms with Crippen molar-refractivity contribution in [3.05, 3.63) is 40.4 Å². The minimum Gasteiger partial charge on any atom is -0.478 e. The molecule has 21 heavy (non-hydrogen) atoms. The summed E-state index contributed by atoms with van der Waals surface area (Å²) < 4.78 is 26.2. The Bertz CT molecular complexity index is 718. The van der Waals surface area contributed by atoms with Gasteiger partial charge in [-0.1, -0.05) is 0 Å². The van der Waals surface area contributed by atoms with E-state index < -0.39 is 29.2 Å². The minimum atomic E-state index is -1.49. The highest BCUT2D eigenvalue weighted by atomic mass is 32.1. The van der Waals surface area contributed by atoms with Crippen molar-refractivity contribution in [2.24, 2.45) is 0 Å². The van der Waals surface area contributed by atoms with Crippen LogP contribution in [0.15, 0.2) is 17.5 Å². The van der Waals surface area contributed by atoms with Gasteiger partial charge < -0.3 is 10.4 Å². The molecule has 0 aliphatic rings. The summed E-state index contributed by atoms with van der Waals surface area (Å²) in [5, 5.41) is 15.4. The summed E-state index contributed by atoms with van der Waals surface area (Å²) in [5.74, 6) is -4.07. The van der Waals surface area contributed by atoms with Crippen LogP contribution in [0.1, 0.15) is 16.1 Å². The summed E-state index contributed by atoms with van der Waals surface area (Å²) in [4.78, 5) is 26.6. The number of carbonyl (C=O) groups excluding carboxylic acids is 1. The summed E-state index contributed by atoms with van der Waals surface area (Å²) in [6.07, 6.45) is 0. The quantitative estimate of drug-likeness (QED) is 0.812. The molecule has 9 heteroatoms. The van der Waals surface area contributed by atoms with Gasteiger partial charge in [0.25, 0.3) is 0 Å². The predicted molar refractivity (Wildman–Crippen MR) is 72.8 cm³/mol. The van der Waals surface area contributed by atoms with Gasteiger partial charge in [-0.15, -0.1) is 11.3 Å². The molecule has 0 radical (unpaired) electrons. The van der Waals surface area contributed by atoms with E-state index in [9.17, 15) is 18.4 Å². The van der Waals surface area contributed by atoms with Crippen LogP contribution in [0, 0.1) is 18.6 Å². The van der Waals surface area contributed by atoms with Crippen molar-refractivity contribution in [1.29, 1.82) is 0 Å². The maximum atomic E-state index is 13.2. The van der Waals surface area contributed by atoms with Gasteiger partial charge in [0.1, 0.15) is 0 Å². The number of aromatic nitrogens is 1. The average molecular weight is 313 g/mol. The number of halogens is 2. The number of anilines is 2. The number of carboxylic acid groups (broad SMARTS) is 1. The van der Waals surface area contributed by atoms with Crippen LogP contribution in [0.2, 0.25) is 0 Å². The molecular formula is C12H9F2N3O3S. The van der Waals surface area contributed by atoms with Crippen molar-refractivity contribution < 1.29 is 23.5 Å². The predicted octanol–water partition coefficient (Wildman–Crippen LogP) is 3.07. The van der Waals surface area contributed by atoms with Crippen LogP contribution >= 0.6 is 11.3 Å². The summed E-state index contributed by atoms with van der Waals surface area (Å²) in [5.41, 5.74) is -0.208. The molecule has 6 nitrogen and oxygen atoms in total. The summed E-state index contributed by atoms with van der Waals surface area (Å²) in [6.45, 7) is 1.73. The Morgan fingerprint density at radius 2 is 1.90 bits per heavy atom. The Balaban J connectivity index is 2.20. The lowest BCUT2D eigenvalue weighted by Gasteiger charge is -2.09. The maximum Gasteiger partial charge on any atom is 0.337 e. The zero-order valence-electron chi connectivity index (χ0n) is 10.6. The first-order chi connectivity index (χ1) is 9.86. The van der Waals surface area contributed by atoms with Gasteiger partial charge in [0.05, 0.1) is 16.9 Å². The molecule has 1 aromatic heterocycles. The number of rotatable bonds is 3. The molecule has 2 amide bonds. The Labute approximate surface area is 121 Å². The lowest BCUT2D eigenvalue weighted by molar-refractivity contribution is 0.0697. The van der Waals surface area contributed by atoms with E-state index in [2.05, 4.69) is 15.6 Å². The van der Waals surface area contributed by atoms with E-state index >= 15 is 0 Å². The molecule has 0 unspecified atom stereocenters. The molecule has 2 aromatic rings. The number of amides is 2. The normalized spacial score (nSPS) is 10.2. The number of nitrogens with one attached hydrogen (secondary N) is 2. The van der Waals surface area contributed by atoms with Gasteiger partial charge in [-0.3, -0.25) is 5.32 Å². The van der Waals surface area contributed by atoms with Gasteiger partial charge in [0.15, 0.2) is 16.8 Å². The van der Waals surface area contributed by atoms with Gasteiger partial charge in [-0.25, -0.2) is 23.4 Å². The fourth-order valence-electron chi connectivity index (χ4n) is 1.49. The van der Waals surface area contributed by atoms with Crippen LogP contribution in [0.5, 0.6) is 0 Å². The third-order valence-electron chi connectivity index (χ3n) is 2.38. The zero-order chi connectivity index (χ0) is 15.6. The van der Waals surface area contributed by atoms with E-state index in [1.165, 1.54) is 11.3 Å². The molecule has 0 bridgehead atoms. The first-order valence-electron chi connectivity index (χ1n) is 5.59. The fourth-order valence-corrected chi connectivity index (χ4v) is 2.17. The number of carboxylic acids is 1. The highest BCUT2D eigenvalue weighted by Gasteiger charge is 2.17. The highest BCUT2D eigenvalue weighted by Crippen LogP contribution is 2.21. The molecule has 110 valence electrons. The first kappa shape index (κ1) is 14.9. The second-order valence-corrected chi connectivity index (χ2v) is 4.85. The molecule has 0 aliphatic carbocycles. The van der Waals surface area contributed by atoms with E-state index in [-0.39, 0.29) is 5.69 Å². The third-order valence-corrected chi connectivity index (χ3v) is 3.25. The second-order valence-electron chi connectivity index (χ2n) is 3.99. The summed E-state index contributed by atoms with van der Waals surface area (Å²) in [6, 6.07) is 0.296. The van der Waals surface area contributed by atoms with Crippen molar-refractivity contribution in [1.82, 2.24) is 4.98 Å². The lowest BCUT2D eigenvalue weighted by Crippen LogP contribution is -2.21. The number of hydrogen-bond acceptors (Lipinski definition) is 4. The number of hydrogen-bond donors (Lipinski definition) is 3. The summed E-state index contributed by atoms with van der Waals surface area (Å²) >= 11 is 1.17. The van der Waals surface area contributed by atoms with E-state index in [0.717, 1.165) is 0 Å². The van der Waals surface area contributed by atoms with Gasteiger partial charge in [-0.2, -0.15) is 0 Å². The molecule has 0 atom stereocenters. The van der Waals surface area contributed by atoms with Crippen molar-refractivity contribution in [2.75, 3.05) is 10.6 Å². The standard InChI is InChI=1S/C12H9F2N3O3S/c1-5-4-21-12(15-5)17-11(20)16-9-3-8(14)7(13)2-6(9)10(18)19/h2-4H,1H3,(H,18,19)(H2,15,16,17,20). The van der Waals surface area contributed by atoms with Crippen LogP contribution < -0.4 is 10.6 Å². The maximum absolute atomic E-state index is 13.2. The molecule has 1 aromatic carbocycles. The largest absolute Gasteiger partial charge is 0.478 e. The Kier molecular flexibility index (Phi) is 4.13. The van der Waals surface area contributed by atoms with E-state index in [1.807, 2.05) is 0 Å². The number of carbonyl (C=O) groups is 2. The van der Waals surface area contributed by atoms with Crippen molar-refractivity contribution >= 4 is 34.2 Å². The minimum absolute atomic E-state index is 0.296. The molecule has 2 rings (SSSR count). The fraction of sp³-hybridized carbons (Fsp3) is 0.0833. The zero-order valence-corrected chi connectivity index (χ0v) is 11.4. The number of aromatic carboxylic acids is 1. The molecule has 1 heterocycles. The van der Waals surface area contributed by atoms with Crippen LogP contribution in [-0.4, -0.2) is 22.1 Å². The molecular weight excluding hydrogens is 304 g/mol. The number of aryl methyl sites for hydroxylation is 1. The monoisotopic (exact) mass is 313 g/mol. The summed E-state index contributed by atoms with van der Waals surface area (Å²) in [7, 11) is 0. The number of urea groups is 1. The van der Waals surface area contributed by atoms with Crippen molar-refractivity contribution in [3.63, 3.8) is 0 Å². The van der Waals surface area contributed by atoms with Crippen molar-refractivity contribution in [2.45, 2.75) is 6.92 Å². The molecule has 0 fully saturated rings. The van der Waals surface area contributed by atoms with E-state index in [4.69, 9.17) is 5.11 Å². The van der Waals surface area contributed by atoms with Gasteiger partial charge in [0.2, 0.25) is 0 Å². The van der Waals surface area contributed by atoms with Crippen LogP contribution in [-0.2, 0) is 0 Å². The van der Waals surface area contributed by atoms with Crippen LogP contribution in [0.4, 0.5) is 24.4 Å². The first-order valence-corrected chi connectivity index (χ1v) is 6.47. The van der Waals surface area contributed by atoms with Gasteiger partial charge >= 0.3 is 12.0 Å². The molecule has 0 saturated carbocycles. The number of thiazole rings is 1. The highest BCUT2D eigenvalue weighted by molar-refractivity contribution is 7.13. The average Bonchev–Trinajstić information content (AvgIpc) is 2.78. The Hall–Kier alpha value is -2.55. The molecule has 0 saturated heterocycles. The van der Waals surface area contributed by atoms with Crippen molar-refractivity contribution in [3.8, 4) is 0 Å². The lowest BCUT2D eigenvalue weighted by atomic mass is 10.1. The van der Waals surface area contributed by atoms with Gasteiger partial charge in [-0.05, 0) is 13.0 Å². The SMILES string of the molecule is Cc1csc(NC(=O)Nc2cc(F)c(F)cc2C(=O)O)n1.